The minimum Gasteiger partial charge on any atom is -0.379 e. The van der Waals surface area contributed by atoms with E-state index in [1.54, 1.807) is 0 Å². The van der Waals surface area contributed by atoms with E-state index in [2.05, 4.69) is 66.6 Å². The summed E-state index contributed by atoms with van der Waals surface area (Å²) in [5.41, 5.74) is 0.640. The minimum absolute atomic E-state index is 0.291. The standard InChI is InChI=1S/C18H32N2O3.C17H30N2O3.C16H28N2O3.C15H26N2O3/c1-6-9-20(10-7-2)11-13-23-12-8-19-15-14(18(3,4)5)16(21)17(15)22;1-7-19(8-2)10-12-22-11-9-18(6)14-13(17(3,4)5)15(20)16(14)21;1-7-17(5)8-10-21-11-9-18(6)13-12(16(2,3)4)14(19)15(13)20;1-15(2,3)11-12(14(19)13(11)18)17(6)8-10-20-9-7-16(4)5/h19H,6-13H2,1-5H3;7-12H2,1-6H3;7-11H2,1-6H3;7-10H2,1-6H3. The van der Waals surface area contributed by atoms with Crippen LogP contribution in [0.4, 0.5) is 22.7 Å². The van der Waals surface area contributed by atoms with E-state index < -0.39 is 5.43 Å². The summed E-state index contributed by atoms with van der Waals surface area (Å²) in [6.07, 6.45) is 2.31. The SMILES string of the molecule is CCCN(CCC)CCOCCNc1c(C(C)(C)C)c(=O)c1=O.CCN(C)CCOCCN(C)c1c(C(C)(C)C)c(=O)c1=O.CCN(CC)CCOCCN(C)c1c(C(C)(C)C)c(=O)c1=O.CN(C)CCOCCN(C)c1c(C(C)(C)C)c(=O)c1=O. The highest BCUT2D eigenvalue weighted by molar-refractivity contribution is 5.63. The second-order valence-electron chi connectivity index (χ2n) is 26.8. The van der Waals surface area contributed by atoms with E-state index in [4.69, 9.17) is 18.9 Å². The Morgan fingerprint density at radius 2 is 0.628 bits per heavy atom. The van der Waals surface area contributed by atoms with Crippen LogP contribution in [0.3, 0.4) is 0 Å². The predicted octanol–water partition coefficient (Wildman–Crippen LogP) is 5.08. The summed E-state index contributed by atoms with van der Waals surface area (Å²) in [4.78, 5) is 108. The van der Waals surface area contributed by atoms with E-state index in [9.17, 15) is 38.4 Å². The highest BCUT2D eigenvalue weighted by Crippen LogP contribution is 2.30. The lowest BCUT2D eigenvalue weighted by Gasteiger charge is -2.29. The Balaban J connectivity index is 0.000000574. The van der Waals surface area contributed by atoms with Crippen LogP contribution in [0.1, 0.15) is 153 Å². The van der Waals surface area contributed by atoms with Gasteiger partial charge in [-0.2, -0.15) is 0 Å². The van der Waals surface area contributed by atoms with Crippen molar-refractivity contribution in [2.45, 2.75) is 152 Å². The molecule has 86 heavy (non-hydrogen) atoms. The molecule has 0 saturated heterocycles. The first-order chi connectivity index (χ1) is 39.9. The van der Waals surface area contributed by atoms with E-state index in [1.165, 1.54) is 0 Å². The van der Waals surface area contributed by atoms with Gasteiger partial charge in [-0.25, -0.2) is 0 Å². The molecule has 0 saturated carbocycles. The molecule has 1 N–H and O–H groups in total. The van der Waals surface area contributed by atoms with Gasteiger partial charge in [-0.05, 0) is 88.4 Å². The van der Waals surface area contributed by atoms with Crippen molar-refractivity contribution in [1.29, 1.82) is 0 Å². The molecule has 4 aromatic carbocycles. The number of rotatable bonds is 35. The Bertz CT molecular complexity index is 2880. The van der Waals surface area contributed by atoms with Gasteiger partial charge in [0.2, 0.25) is 43.4 Å². The van der Waals surface area contributed by atoms with Gasteiger partial charge in [0, 0.05) is 95.8 Å². The first kappa shape index (κ1) is 79.2. The largest absolute Gasteiger partial charge is 0.379 e. The Kier molecular flexibility index (Phi) is 34.3. The third-order valence-corrected chi connectivity index (χ3v) is 14.9. The maximum atomic E-state index is 11.8. The molecule has 0 unspecified atom stereocenters. The summed E-state index contributed by atoms with van der Waals surface area (Å²) in [6, 6.07) is 0. The lowest BCUT2D eigenvalue weighted by Crippen LogP contribution is -2.47. The number of hydrogen-bond acceptors (Lipinski definition) is 20. The maximum Gasteiger partial charge on any atom is 0.249 e. The summed E-state index contributed by atoms with van der Waals surface area (Å²) in [5, 5.41) is 3.07. The van der Waals surface area contributed by atoms with Crippen LogP contribution in [-0.4, -0.2) is 200 Å². The van der Waals surface area contributed by atoms with Gasteiger partial charge in [0.15, 0.2) is 0 Å². The van der Waals surface area contributed by atoms with E-state index in [-0.39, 0.29) is 59.7 Å². The van der Waals surface area contributed by atoms with Crippen LogP contribution in [0.15, 0.2) is 38.4 Å². The monoisotopic (exact) mass is 1210 g/mol. The van der Waals surface area contributed by atoms with E-state index in [0.29, 0.717) is 124 Å². The molecule has 492 valence electrons. The zero-order valence-corrected chi connectivity index (χ0v) is 57.8. The first-order valence-electron chi connectivity index (χ1n) is 31.2. The Hall–Kier alpha value is -4.80. The molecule has 0 aliphatic heterocycles. The zero-order valence-electron chi connectivity index (χ0n) is 57.8. The van der Waals surface area contributed by atoms with Gasteiger partial charge >= 0.3 is 0 Å². The fraction of sp³-hybridized carbons (Fsp3) is 0.758. The highest BCUT2D eigenvalue weighted by atomic mass is 16.5. The fourth-order valence-corrected chi connectivity index (χ4v) is 9.71. The third kappa shape index (κ3) is 24.6. The Labute approximate surface area is 515 Å². The number of nitrogens with one attached hydrogen (secondary N) is 1. The van der Waals surface area contributed by atoms with Crippen LogP contribution in [0.5, 0.6) is 0 Å². The summed E-state index contributed by atoms with van der Waals surface area (Å²) >= 11 is 0. The van der Waals surface area contributed by atoms with Crippen molar-refractivity contribution in [2.24, 2.45) is 0 Å². The molecule has 0 aromatic heterocycles. The van der Waals surface area contributed by atoms with Crippen molar-refractivity contribution >= 4 is 22.7 Å². The number of hydrogen-bond donors (Lipinski definition) is 1. The summed E-state index contributed by atoms with van der Waals surface area (Å²) < 4.78 is 22.4. The van der Waals surface area contributed by atoms with Crippen LogP contribution in [-0.2, 0) is 40.6 Å². The third-order valence-electron chi connectivity index (χ3n) is 14.9. The number of nitrogens with zero attached hydrogens (tertiary/aromatic N) is 7. The molecule has 0 radical (unpaired) electrons. The molecule has 0 atom stereocenters. The Morgan fingerprint density at radius 1 is 0.326 bits per heavy atom. The van der Waals surface area contributed by atoms with Gasteiger partial charge < -0.3 is 58.6 Å². The number of ether oxygens (including phenoxy) is 4. The molecule has 20 nitrogen and oxygen atoms in total. The molecule has 4 rings (SSSR count). The molecule has 0 fully saturated rings. The average molecular weight is 1210 g/mol. The second kappa shape index (κ2) is 37.3. The summed E-state index contributed by atoms with van der Waals surface area (Å²) in [6.45, 7) is 50.4. The number of anilines is 4. The van der Waals surface area contributed by atoms with Gasteiger partial charge in [-0.1, -0.05) is 118 Å². The van der Waals surface area contributed by atoms with E-state index in [0.717, 1.165) is 71.7 Å². The van der Waals surface area contributed by atoms with Gasteiger partial charge in [0.05, 0.1) is 75.6 Å². The van der Waals surface area contributed by atoms with Gasteiger partial charge in [-0.15, -0.1) is 0 Å². The van der Waals surface area contributed by atoms with Crippen LogP contribution >= 0.6 is 0 Å². The quantitative estimate of drug-likeness (QED) is 0.0470. The van der Waals surface area contributed by atoms with Crippen molar-refractivity contribution in [3.05, 3.63) is 104 Å². The first-order valence-corrected chi connectivity index (χ1v) is 31.2. The van der Waals surface area contributed by atoms with E-state index >= 15 is 0 Å². The van der Waals surface area contributed by atoms with Crippen LogP contribution in [0.25, 0.3) is 0 Å². The van der Waals surface area contributed by atoms with Crippen molar-refractivity contribution in [2.75, 3.05) is 200 Å². The average Bonchev–Trinajstić information content (AvgIpc) is 1.09. The van der Waals surface area contributed by atoms with Gasteiger partial charge in [-0.3, -0.25) is 38.4 Å². The molecular formula is C66H116N8O12. The predicted molar refractivity (Wildman–Crippen MR) is 358 cm³/mol. The molecule has 20 heteroatoms. The van der Waals surface area contributed by atoms with E-state index in [1.807, 2.05) is 133 Å². The topological polar surface area (TPSA) is 208 Å². The zero-order chi connectivity index (χ0) is 66.1. The second-order valence-corrected chi connectivity index (χ2v) is 26.8. The molecule has 0 aliphatic rings. The molecule has 0 amide bonds. The smallest absolute Gasteiger partial charge is 0.249 e. The van der Waals surface area contributed by atoms with Crippen molar-refractivity contribution in [3.8, 4) is 0 Å². The highest BCUT2D eigenvalue weighted by Gasteiger charge is 2.35. The molecule has 0 spiro atoms. The molecule has 0 heterocycles. The molecular weight excluding hydrogens is 1100 g/mol. The van der Waals surface area contributed by atoms with Crippen LogP contribution in [0, 0.1) is 0 Å². The van der Waals surface area contributed by atoms with Crippen LogP contribution in [0.2, 0.25) is 0 Å². The molecule has 0 aliphatic carbocycles. The normalized spacial score (nSPS) is 12.3. The lowest BCUT2D eigenvalue weighted by molar-refractivity contribution is 0.111. The van der Waals surface area contributed by atoms with Crippen molar-refractivity contribution in [3.63, 3.8) is 0 Å². The summed E-state index contributed by atoms with van der Waals surface area (Å²) in [7, 11) is 11.6. The molecule has 4 aromatic rings. The maximum absolute atomic E-state index is 11.8. The van der Waals surface area contributed by atoms with Gasteiger partial charge in [0.1, 0.15) is 0 Å². The lowest BCUT2D eigenvalue weighted by atomic mass is 9.82. The number of likely N-dealkylation sites (N-methyl/N-ethyl adjacent to an activating group) is 6. The summed E-state index contributed by atoms with van der Waals surface area (Å²) in [5.74, 6) is 0. The minimum atomic E-state index is -0.396. The Morgan fingerprint density at radius 3 is 0.942 bits per heavy atom. The van der Waals surface area contributed by atoms with Crippen molar-refractivity contribution in [1.82, 2.24) is 19.6 Å². The van der Waals surface area contributed by atoms with Gasteiger partial charge in [0.25, 0.3) is 0 Å². The fourth-order valence-electron chi connectivity index (χ4n) is 9.71. The van der Waals surface area contributed by atoms with Crippen molar-refractivity contribution < 1.29 is 18.9 Å². The van der Waals surface area contributed by atoms with Crippen LogP contribution < -0.4 is 63.4 Å². The molecule has 0 bridgehead atoms.